The van der Waals surface area contributed by atoms with Gasteiger partial charge in [-0.15, -0.1) is 0 Å². The summed E-state index contributed by atoms with van der Waals surface area (Å²) in [6.07, 6.45) is 1.73. The van der Waals surface area contributed by atoms with Crippen LogP contribution >= 0.6 is 0 Å². The standard InChI is InChI=1S/C14H25NO2/c1-11(2)8-15-9-12-6-7-16-13(12)10-17-14(3,4)5/h6-7,11,15H,8-10H2,1-5H3. The lowest BCUT2D eigenvalue weighted by Gasteiger charge is -2.19. The summed E-state index contributed by atoms with van der Waals surface area (Å²) in [6.45, 7) is 12.9. The summed E-state index contributed by atoms with van der Waals surface area (Å²) in [5.74, 6) is 1.59. The van der Waals surface area contributed by atoms with E-state index in [1.165, 1.54) is 5.56 Å². The predicted octanol–water partition coefficient (Wildman–Crippen LogP) is 3.34. The van der Waals surface area contributed by atoms with Crippen LogP contribution in [0.15, 0.2) is 16.7 Å². The number of furan rings is 1. The van der Waals surface area contributed by atoms with Crippen LogP contribution < -0.4 is 5.32 Å². The van der Waals surface area contributed by atoms with Crippen molar-refractivity contribution in [3.8, 4) is 0 Å². The Balaban J connectivity index is 2.43. The van der Waals surface area contributed by atoms with Gasteiger partial charge in [-0.1, -0.05) is 13.8 Å². The molecule has 98 valence electrons. The van der Waals surface area contributed by atoms with E-state index < -0.39 is 0 Å². The van der Waals surface area contributed by atoms with E-state index in [4.69, 9.17) is 9.15 Å². The van der Waals surface area contributed by atoms with Gasteiger partial charge in [-0.25, -0.2) is 0 Å². The van der Waals surface area contributed by atoms with Crippen molar-refractivity contribution in [3.63, 3.8) is 0 Å². The van der Waals surface area contributed by atoms with Gasteiger partial charge in [0, 0.05) is 12.1 Å². The third kappa shape index (κ3) is 5.89. The summed E-state index contributed by atoms with van der Waals surface area (Å²) in [7, 11) is 0. The Labute approximate surface area is 105 Å². The molecule has 0 atom stereocenters. The van der Waals surface area contributed by atoms with Crippen molar-refractivity contribution in [2.45, 2.75) is 53.4 Å². The predicted molar refractivity (Wildman–Crippen MR) is 69.8 cm³/mol. The van der Waals surface area contributed by atoms with Crippen LogP contribution in [0.4, 0.5) is 0 Å². The van der Waals surface area contributed by atoms with E-state index in [-0.39, 0.29) is 5.60 Å². The van der Waals surface area contributed by atoms with Crippen LogP contribution in [-0.4, -0.2) is 12.1 Å². The molecule has 1 rings (SSSR count). The van der Waals surface area contributed by atoms with Crippen molar-refractivity contribution in [1.29, 1.82) is 0 Å². The van der Waals surface area contributed by atoms with Gasteiger partial charge < -0.3 is 14.5 Å². The third-order valence-corrected chi connectivity index (χ3v) is 2.34. The van der Waals surface area contributed by atoms with E-state index in [2.05, 4.69) is 19.2 Å². The number of nitrogens with one attached hydrogen (secondary N) is 1. The van der Waals surface area contributed by atoms with E-state index in [1.807, 2.05) is 26.8 Å². The second kappa shape index (κ2) is 6.22. The zero-order valence-electron chi connectivity index (χ0n) is 11.7. The lowest BCUT2D eigenvalue weighted by molar-refractivity contribution is -0.0228. The Morgan fingerprint density at radius 2 is 2.06 bits per heavy atom. The minimum Gasteiger partial charge on any atom is -0.467 e. The molecular formula is C14H25NO2. The van der Waals surface area contributed by atoms with E-state index >= 15 is 0 Å². The van der Waals surface area contributed by atoms with Crippen LogP contribution in [0.3, 0.4) is 0 Å². The van der Waals surface area contributed by atoms with E-state index in [1.54, 1.807) is 6.26 Å². The van der Waals surface area contributed by atoms with E-state index in [0.717, 1.165) is 18.8 Å². The maximum absolute atomic E-state index is 5.72. The van der Waals surface area contributed by atoms with Crippen LogP contribution in [0, 0.1) is 5.92 Å². The molecule has 3 nitrogen and oxygen atoms in total. The lowest BCUT2D eigenvalue weighted by Crippen LogP contribution is -2.21. The normalized spacial score (nSPS) is 12.4. The molecule has 0 aromatic carbocycles. The summed E-state index contributed by atoms with van der Waals surface area (Å²) in [5.41, 5.74) is 1.06. The molecule has 0 fully saturated rings. The fourth-order valence-electron chi connectivity index (χ4n) is 1.43. The highest BCUT2D eigenvalue weighted by molar-refractivity contribution is 5.16. The van der Waals surface area contributed by atoms with Gasteiger partial charge in [-0.3, -0.25) is 0 Å². The first-order valence-corrected chi connectivity index (χ1v) is 6.28. The van der Waals surface area contributed by atoms with Crippen molar-refractivity contribution in [2.75, 3.05) is 6.54 Å². The average Bonchev–Trinajstić information content (AvgIpc) is 2.61. The molecule has 3 heteroatoms. The zero-order valence-corrected chi connectivity index (χ0v) is 11.7. The summed E-state index contributed by atoms with van der Waals surface area (Å²) in [5, 5.41) is 3.41. The molecule has 0 aliphatic carbocycles. The van der Waals surface area contributed by atoms with Crippen molar-refractivity contribution < 1.29 is 9.15 Å². The largest absolute Gasteiger partial charge is 0.467 e. The topological polar surface area (TPSA) is 34.4 Å². The van der Waals surface area contributed by atoms with Gasteiger partial charge in [-0.2, -0.15) is 0 Å². The second-order valence-electron chi connectivity index (χ2n) is 5.79. The van der Waals surface area contributed by atoms with Crippen molar-refractivity contribution in [1.82, 2.24) is 5.32 Å². The van der Waals surface area contributed by atoms with Crippen molar-refractivity contribution in [2.24, 2.45) is 5.92 Å². The SMILES string of the molecule is CC(C)CNCc1ccoc1COC(C)(C)C. The number of rotatable bonds is 6. The summed E-state index contributed by atoms with van der Waals surface area (Å²) < 4.78 is 11.2. The summed E-state index contributed by atoms with van der Waals surface area (Å²) in [4.78, 5) is 0. The van der Waals surface area contributed by atoms with Gasteiger partial charge in [0.05, 0.1) is 11.9 Å². The van der Waals surface area contributed by atoms with Gasteiger partial charge in [0.2, 0.25) is 0 Å². The number of hydrogen-bond donors (Lipinski definition) is 1. The first kappa shape index (κ1) is 14.3. The highest BCUT2D eigenvalue weighted by Crippen LogP contribution is 2.16. The van der Waals surface area contributed by atoms with E-state index in [9.17, 15) is 0 Å². The van der Waals surface area contributed by atoms with Gasteiger partial charge in [-0.05, 0) is 39.3 Å². The molecule has 0 bridgehead atoms. The fourth-order valence-corrected chi connectivity index (χ4v) is 1.43. The Morgan fingerprint density at radius 1 is 1.35 bits per heavy atom. The van der Waals surface area contributed by atoms with Crippen LogP contribution in [0.5, 0.6) is 0 Å². The minimum atomic E-state index is -0.130. The number of hydrogen-bond acceptors (Lipinski definition) is 3. The molecule has 0 saturated carbocycles. The van der Waals surface area contributed by atoms with Gasteiger partial charge >= 0.3 is 0 Å². The molecule has 0 saturated heterocycles. The van der Waals surface area contributed by atoms with E-state index in [0.29, 0.717) is 12.5 Å². The molecule has 0 radical (unpaired) electrons. The van der Waals surface area contributed by atoms with Gasteiger partial charge in [0.15, 0.2) is 0 Å². The maximum atomic E-state index is 5.72. The molecule has 1 heterocycles. The summed E-state index contributed by atoms with van der Waals surface area (Å²) in [6, 6.07) is 2.01. The highest BCUT2D eigenvalue weighted by Gasteiger charge is 2.13. The van der Waals surface area contributed by atoms with Crippen LogP contribution in [0.2, 0.25) is 0 Å². The Hall–Kier alpha value is -0.800. The van der Waals surface area contributed by atoms with Crippen molar-refractivity contribution in [3.05, 3.63) is 23.7 Å². The molecule has 1 N–H and O–H groups in total. The Bertz CT molecular complexity index is 323. The smallest absolute Gasteiger partial charge is 0.133 e. The van der Waals surface area contributed by atoms with Crippen LogP contribution in [-0.2, 0) is 17.9 Å². The van der Waals surface area contributed by atoms with Crippen LogP contribution in [0.25, 0.3) is 0 Å². The molecule has 1 aromatic rings. The third-order valence-electron chi connectivity index (χ3n) is 2.34. The van der Waals surface area contributed by atoms with Crippen LogP contribution in [0.1, 0.15) is 45.9 Å². The quantitative estimate of drug-likeness (QED) is 0.826. The molecule has 17 heavy (non-hydrogen) atoms. The molecule has 0 amide bonds. The summed E-state index contributed by atoms with van der Waals surface area (Å²) >= 11 is 0. The molecular weight excluding hydrogens is 214 g/mol. The van der Waals surface area contributed by atoms with Gasteiger partial charge in [0.1, 0.15) is 12.4 Å². The Kier molecular flexibility index (Phi) is 5.22. The lowest BCUT2D eigenvalue weighted by atomic mass is 10.2. The van der Waals surface area contributed by atoms with Gasteiger partial charge in [0.25, 0.3) is 0 Å². The first-order valence-electron chi connectivity index (χ1n) is 6.28. The molecule has 0 aliphatic heterocycles. The molecule has 1 aromatic heterocycles. The molecule has 0 spiro atoms. The highest BCUT2D eigenvalue weighted by atomic mass is 16.5. The molecule has 0 aliphatic rings. The second-order valence-corrected chi connectivity index (χ2v) is 5.79. The average molecular weight is 239 g/mol. The maximum Gasteiger partial charge on any atom is 0.133 e. The zero-order chi connectivity index (χ0) is 12.9. The van der Waals surface area contributed by atoms with Crippen molar-refractivity contribution >= 4 is 0 Å². The molecule has 0 unspecified atom stereocenters. The fraction of sp³-hybridized carbons (Fsp3) is 0.714. The first-order chi connectivity index (χ1) is 7.88. The monoisotopic (exact) mass is 239 g/mol. The Morgan fingerprint density at radius 3 is 2.65 bits per heavy atom. The minimum absolute atomic E-state index is 0.130. The number of ether oxygens (including phenoxy) is 1.